The maximum atomic E-state index is 11.1. The standard InChI is InChI=1S/C23H29N3O3/c1-3-20-5-4-6-21(23(20)24-2)13-14-26(15-16-27)17-19-9-7-18(8-10-19)11-12-22(28)25-29/h3-12,24,27,29H,1,13-17H2,2H3,(H,25,28)/b12-11+. The van der Waals surface area contributed by atoms with Gasteiger partial charge in [-0.2, -0.15) is 0 Å². The lowest BCUT2D eigenvalue weighted by atomic mass is 10.0. The minimum absolute atomic E-state index is 0.0999. The van der Waals surface area contributed by atoms with Crippen molar-refractivity contribution in [1.82, 2.24) is 10.4 Å². The molecule has 1 amide bonds. The Balaban J connectivity index is 2.02. The van der Waals surface area contributed by atoms with Crippen molar-refractivity contribution in [3.63, 3.8) is 0 Å². The van der Waals surface area contributed by atoms with E-state index in [-0.39, 0.29) is 6.61 Å². The van der Waals surface area contributed by atoms with Gasteiger partial charge in [-0.1, -0.05) is 55.1 Å². The van der Waals surface area contributed by atoms with Gasteiger partial charge in [0.2, 0.25) is 0 Å². The summed E-state index contributed by atoms with van der Waals surface area (Å²) in [4.78, 5) is 13.3. The molecule has 0 saturated heterocycles. The van der Waals surface area contributed by atoms with E-state index in [4.69, 9.17) is 5.21 Å². The predicted molar refractivity (Wildman–Crippen MR) is 118 cm³/mol. The molecule has 29 heavy (non-hydrogen) atoms. The molecule has 0 aliphatic carbocycles. The Morgan fingerprint density at radius 2 is 1.93 bits per heavy atom. The smallest absolute Gasteiger partial charge is 0.267 e. The SMILES string of the molecule is C=Cc1cccc(CCN(CCO)Cc2ccc(/C=C/C(=O)NO)cc2)c1NC. The molecule has 0 bridgehead atoms. The van der Waals surface area contributed by atoms with Gasteiger partial charge in [0.25, 0.3) is 5.91 Å². The molecule has 0 aromatic heterocycles. The van der Waals surface area contributed by atoms with Gasteiger partial charge in [0.15, 0.2) is 0 Å². The van der Waals surface area contributed by atoms with E-state index in [1.165, 1.54) is 11.6 Å². The average Bonchev–Trinajstić information content (AvgIpc) is 2.76. The first-order valence-electron chi connectivity index (χ1n) is 9.57. The summed E-state index contributed by atoms with van der Waals surface area (Å²) in [6.07, 6.45) is 5.60. The van der Waals surface area contributed by atoms with Gasteiger partial charge >= 0.3 is 0 Å². The van der Waals surface area contributed by atoms with Gasteiger partial charge in [-0.3, -0.25) is 14.9 Å². The van der Waals surface area contributed by atoms with E-state index in [1.54, 1.807) is 11.6 Å². The van der Waals surface area contributed by atoms with Crippen LogP contribution in [0.15, 0.2) is 55.1 Å². The lowest BCUT2D eigenvalue weighted by Gasteiger charge is -2.22. The average molecular weight is 396 g/mol. The molecule has 0 saturated carbocycles. The van der Waals surface area contributed by atoms with Gasteiger partial charge in [-0.05, 0) is 34.8 Å². The molecule has 2 aromatic rings. The fraction of sp³-hybridized carbons (Fsp3) is 0.261. The Bertz CT molecular complexity index is 832. The highest BCUT2D eigenvalue weighted by Gasteiger charge is 2.09. The summed E-state index contributed by atoms with van der Waals surface area (Å²) >= 11 is 0. The fourth-order valence-corrected chi connectivity index (χ4v) is 3.19. The van der Waals surface area contributed by atoms with Gasteiger partial charge < -0.3 is 10.4 Å². The number of amides is 1. The summed E-state index contributed by atoms with van der Waals surface area (Å²) in [7, 11) is 1.91. The van der Waals surface area contributed by atoms with Crippen LogP contribution in [0.3, 0.4) is 0 Å². The van der Waals surface area contributed by atoms with Crippen LogP contribution in [-0.2, 0) is 17.8 Å². The van der Waals surface area contributed by atoms with Crippen LogP contribution in [0.25, 0.3) is 12.2 Å². The van der Waals surface area contributed by atoms with Crippen molar-refractivity contribution in [2.45, 2.75) is 13.0 Å². The Kier molecular flexibility index (Phi) is 9.11. The monoisotopic (exact) mass is 395 g/mol. The second-order valence-corrected chi connectivity index (χ2v) is 6.64. The van der Waals surface area contributed by atoms with Crippen LogP contribution in [0.5, 0.6) is 0 Å². The van der Waals surface area contributed by atoms with Crippen molar-refractivity contribution in [3.8, 4) is 0 Å². The lowest BCUT2D eigenvalue weighted by molar-refractivity contribution is -0.124. The highest BCUT2D eigenvalue weighted by atomic mass is 16.5. The van der Waals surface area contributed by atoms with E-state index >= 15 is 0 Å². The van der Waals surface area contributed by atoms with Gasteiger partial charge in [-0.25, -0.2) is 5.48 Å². The third-order valence-corrected chi connectivity index (χ3v) is 4.69. The Labute approximate surface area is 172 Å². The highest BCUT2D eigenvalue weighted by Crippen LogP contribution is 2.22. The van der Waals surface area contributed by atoms with E-state index in [0.717, 1.165) is 41.9 Å². The van der Waals surface area contributed by atoms with Crippen molar-refractivity contribution in [2.75, 3.05) is 32.1 Å². The van der Waals surface area contributed by atoms with Crippen LogP contribution in [0.1, 0.15) is 22.3 Å². The zero-order valence-corrected chi connectivity index (χ0v) is 16.8. The number of nitrogens with zero attached hydrogens (tertiary/aromatic N) is 1. The summed E-state index contributed by atoms with van der Waals surface area (Å²) in [6.45, 7) is 6.10. The molecule has 0 atom stereocenters. The van der Waals surface area contributed by atoms with E-state index < -0.39 is 5.91 Å². The number of rotatable bonds is 11. The number of hydrogen-bond donors (Lipinski definition) is 4. The van der Waals surface area contributed by atoms with Crippen molar-refractivity contribution in [3.05, 3.63) is 77.4 Å². The summed E-state index contributed by atoms with van der Waals surface area (Å²) in [5.74, 6) is -0.565. The second-order valence-electron chi connectivity index (χ2n) is 6.64. The summed E-state index contributed by atoms with van der Waals surface area (Å²) < 4.78 is 0. The minimum Gasteiger partial charge on any atom is -0.395 e. The lowest BCUT2D eigenvalue weighted by Crippen LogP contribution is -2.29. The Hall–Kier alpha value is -2.93. The third kappa shape index (κ3) is 6.87. The quantitative estimate of drug-likeness (QED) is 0.267. The maximum absolute atomic E-state index is 11.1. The number of nitrogens with one attached hydrogen (secondary N) is 2. The van der Waals surface area contributed by atoms with Crippen molar-refractivity contribution in [1.29, 1.82) is 0 Å². The number of aliphatic hydroxyl groups excluding tert-OH is 1. The topological polar surface area (TPSA) is 84.8 Å². The summed E-state index contributed by atoms with van der Waals surface area (Å²) in [6, 6.07) is 14.0. The number of hydrogen-bond acceptors (Lipinski definition) is 5. The maximum Gasteiger partial charge on any atom is 0.267 e. The molecule has 6 heteroatoms. The van der Waals surface area contributed by atoms with Gasteiger partial charge in [0.05, 0.1) is 6.61 Å². The molecule has 4 N–H and O–H groups in total. The molecule has 0 radical (unpaired) electrons. The minimum atomic E-state index is -0.565. The van der Waals surface area contributed by atoms with Gasteiger partial charge in [0.1, 0.15) is 0 Å². The van der Waals surface area contributed by atoms with Crippen molar-refractivity contribution in [2.24, 2.45) is 0 Å². The number of para-hydroxylation sites is 1. The molecule has 0 fully saturated rings. The Morgan fingerprint density at radius 3 is 2.55 bits per heavy atom. The molecule has 6 nitrogen and oxygen atoms in total. The van der Waals surface area contributed by atoms with Crippen molar-refractivity contribution >= 4 is 23.7 Å². The van der Waals surface area contributed by atoms with Gasteiger partial charge in [0, 0.05) is 38.4 Å². The molecule has 0 heterocycles. The molecule has 0 unspecified atom stereocenters. The second kappa shape index (κ2) is 11.8. The first-order chi connectivity index (χ1) is 14.1. The normalized spacial score (nSPS) is 11.0. The molecule has 154 valence electrons. The van der Waals surface area contributed by atoms with Crippen LogP contribution in [-0.4, -0.2) is 47.9 Å². The molecule has 2 aromatic carbocycles. The van der Waals surface area contributed by atoms with Crippen molar-refractivity contribution < 1.29 is 15.1 Å². The third-order valence-electron chi connectivity index (χ3n) is 4.69. The van der Waals surface area contributed by atoms with E-state index in [0.29, 0.717) is 6.54 Å². The van der Waals surface area contributed by atoms with Gasteiger partial charge in [-0.15, -0.1) is 0 Å². The van der Waals surface area contributed by atoms with Crippen LogP contribution >= 0.6 is 0 Å². The number of anilines is 1. The molecule has 0 aliphatic heterocycles. The van der Waals surface area contributed by atoms with E-state index in [9.17, 15) is 9.90 Å². The number of benzene rings is 2. The zero-order chi connectivity index (χ0) is 21.1. The van der Waals surface area contributed by atoms with Crippen LogP contribution in [0.4, 0.5) is 5.69 Å². The molecular formula is C23H29N3O3. The first-order valence-corrected chi connectivity index (χ1v) is 9.57. The van der Waals surface area contributed by atoms with E-state index in [1.807, 2.05) is 49.5 Å². The predicted octanol–water partition coefficient (Wildman–Crippen LogP) is 2.93. The molecule has 0 aliphatic rings. The summed E-state index contributed by atoms with van der Waals surface area (Å²) in [5.41, 5.74) is 6.94. The van der Waals surface area contributed by atoms with Crippen LogP contribution < -0.4 is 10.8 Å². The summed E-state index contributed by atoms with van der Waals surface area (Å²) in [5, 5.41) is 21.2. The molecular weight excluding hydrogens is 366 g/mol. The zero-order valence-electron chi connectivity index (χ0n) is 16.8. The molecule has 2 rings (SSSR count). The van der Waals surface area contributed by atoms with Crippen LogP contribution in [0.2, 0.25) is 0 Å². The number of aliphatic hydroxyl groups is 1. The Morgan fingerprint density at radius 1 is 1.17 bits per heavy atom. The number of hydroxylamine groups is 1. The number of carbonyl (C=O) groups excluding carboxylic acids is 1. The highest BCUT2D eigenvalue weighted by molar-refractivity contribution is 5.90. The van der Waals surface area contributed by atoms with E-state index in [2.05, 4.69) is 22.9 Å². The molecule has 0 spiro atoms. The fourth-order valence-electron chi connectivity index (χ4n) is 3.19. The number of carbonyl (C=O) groups is 1. The first kappa shape index (κ1) is 22.4. The largest absolute Gasteiger partial charge is 0.395 e. The van der Waals surface area contributed by atoms with Crippen LogP contribution in [0, 0.1) is 0 Å².